The van der Waals surface area contributed by atoms with E-state index in [4.69, 9.17) is 26.4 Å². The summed E-state index contributed by atoms with van der Waals surface area (Å²) >= 11 is 5.52. The first-order valence-corrected chi connectivity index (χ1v) is 9.72. The Kier molecular flexibility index (Phi) is 6.71. The topological polar surface area (TPSA) is 70.8 Å². The Bertz CT molecular complexity index is 952. The van der Waals surface area contributed by atoms with E-state index >= 15 is 0 Å². The molecule has 0 amide bonds. The molecule has 29 heavy (non-hydrogen) atoms. The van der Waals surface area contributed by atoms with Crippen LogP contribution in [0, 0.1) is 4.77 Å². The molecule has 0 saturated carbocycles. The van der Waals surface area contributed by atoms with Crippen molar-refractivity contribution in [1.29, 1.82) is 0 Å². The molecule has 9 heteroatoms. The first kappa shape index (κ1) is 21.1. The van der Waals surface area contributed by atoms with Gasteiger partial charge >= 0.3 is 5.97 Å². The number of aromatic nitrogens is 3. The van der Waals surface area contributed by atoms with E-state index in [0.717, 1.165) is 24.1 Å². The molecule has 8 nitrogen and oxygen atoms in total. The third kappa shape index (κ3) is 4.35. The lowest BCUT2D eigenvalue weighted by atomic mass is 9.90. The smallest absolute Gasteiger partial charge is 0.307 e. The van der Waals surface area contributed by atoms with Gasteiger partial charge in [0.15, 0.2) is 16.3 Å². The van der Waals surface area contributed by atoms with Crippen LogP contribution in [0.5, 0.6) is 11.5 Å². The second kappa shape index (κ2) is 9.23. The standard InChI is InChI=1S/C20H26N4O4S/c1-5-7-22-12-21-24(20(22)29)13-23-8-6-14-9-17(26-2)18(27-3)10-15(14)16(23)11-19(25)28-4/h5,9-10,12,16H,1,6-8,11,13H2,2-4H3/t16-/m0/s1. The molecular formula is C20H26N4O4S. The molecule has 0 bridgehead atoms. The van der Waals surface area contributed by atoms with Crippen LogP contribution in [0.25, 0.3) is 0 Å². The van der Waals surface area contributed by atoms with Crippen LogP contribution < -0.4 is 9.47 Å². The average Bonchev–Trinajstić information content (AvgIpc) is 3.08. The van der Waals surface area contributed by atoms with Crippen molar-refractivity contribution in [2.24, 2.45) is 0 Å². The zero-order chi connectivity index (χ0) is 21.0. The summed E-state index contributed by atoms with van der Waals surface area (Å²) in [5.41, 5.74) is 2.16. The fourth-order valence-electron chi connectivity index (χ4n) is 3.63. The fraction of sp³-hybridized carbons (Fsp3) is 0.450. The average molecular weight is 419 g/mol. The molecule has 1 aromatic carbocycles. The third-order valence-corrected chi connectivity index (χ3v) is 5.58. The van der Waals surface area contributed by atoms with Crippen LogP contribution >= 0.6 is 12.2 Å². The van der Waals surface area contributed by atoms with Gasteiger partial charge in [0.1, 0.15) is 6.33 Å². The highest BCUT2D eigenvalue weighted by Gasteiger charge is 2.31. The van der Waals surface area contributed by atoms with E-state index in [9.17, 15) is 4.79 Å². The van der Waals surface area contributed by atoms with Crippen molar-refractivity contribution < 1.29 is 19.0 Å². The van der Waals surface area contributed by atoms with Gasteiger partial charge in [0.05, 0.1) is 34.4 Å². The second-order valence-electron chi connectivity index (χ2n) is 6.76. The van der Waals surface area contributed by atoms with Gasteiger partial charge in [-0.2, -0.15) is 5.10 Å². The molecule has 0 aliphatic carbocycles. The summed E-state index contributed by atoms with van der Waals surface area (Å²) in [6, 6.07) is 3.75. The molecule has 1 atom stereocenters. The van der Waals surface area contributed by atoms with Crippen LogP contribution in [-0.2, 0) is 29.2 Å². The van der Waals surface area contributed by atoms with E-state index in [-0.39, 0.29) is 18.4 Å². The van der Waals surface area contributed by atoms with Crippen molar-refractivity contribution in [3.8, 4) is 11.5 Å². The molecule has 0 radical (unpaired) electrons. The molecule has 1 aliphatic rings. The Hall–Kier alpha value is -2.65. The Morgan fingerprint density at radius 1 is 1.31 bits per heavy atom. The number of carbonyl (C=O) groups excluding carboxylic acids is 1. The van der Waals surface area contributed by atoms with Crippen molar-refractivity contribution in [2.45, 2.75) is 32.1 Å². The molecule has 156 valence electrons. The van der Waals surface area contributed by atoms with Crippen molar-refractivity contribution in [2.75, 3.05) is 27.9 Å². The molecule has 0 unspecified atom stereocenters. The number of hydrogen-bond acceptors (Lipinski definition) is 7. The summed E-state index contributed by atoms with van der Waals surface area (Å²) < 4.78 is 20.1. The molecule has 0 fully saturated rings. The minimum Gasteiger partial charge on any atom is -0.493 e. The predicted molar refractivity (Wildman–Crippen MR) is 111 cm³/mol. The van der Waals surface area contributed by atoms with Crippen LogP contribution in [-0.4, -0.2) is 53.1 Å². The maximum atomic E-state index is 12.2. The monoisotopic (exact) mass is 418 g/mol. The van der Waals surface area contributed by atoms with Crippen molar-refractivity contribution in [3.63, 3.8) is 0 Å². The van der Waals surface area contributed by atoms with Gasteiger partial charge < -0.3 is 18.8 Å². The number of ether oxygens (including phenoxy) is 3. The van der Waals surface area contributed by atoms with Crippen molar-refractivity contribution >= 4 is 18.2 Å². The second-order valence-corrected chi connectivity index (χ2v) is 7.13. The van der Waals surface area contributed by atoms with E-state index in [2.05, 4.69) is 16.6 Å². The largest absolute Gasteiger partial charge is 0.493 e. The molecular weight excluding hydrogens is 392 g/mol. The van der Waals surface area contributed by atoms with E-state index < -0.39 is 0 Å². The molecule has 2 aromatic rings. The van der Waals surface area contributed by atoms with Crippen LogP contribution in [0.4, 0.5) is 0 Å². The summed E-state index contributed by atoms with van der Waals surface area (Å²) in [7, 11) is 4.62. The number of benzene rings is 1. The lowest BCUT2D eigenvalue weighted by molar-refractivity contribution is -0.142. The van der Waals surface area contributed by atoms with Gasteiger partial charge in [-0.15, -0.1) is 6.58 Å². The van der Waals surface area contributed by atoms with Gasteiger partial charge in [0.2, 0.25) is 0 Å². The molecule has 0 saturated heterocycles. The number of allylic oxidation sites excluding steroid dienone is 1. The lowest BCUT2D eigenvalue weighted by Gasteiger charge is -2.37. The number of nitrogens with zero attached hydrogens (tertiary/aromatic N) is 4. The number of esters is 1. The Labute approximate surface area is 175 Å². The highest BCUT2D eigenvalue weighted by Crippen LogP contribution is 2.39. The van der Waals surface area contributed by atoms with Crippen LogP contribution in [0.1, 0.15) is 23.6 Å². The summed E-state index contributed by atoms with van der Waals surface area (Å²) in [6.45, 7) is 5.57. The van der Waals surface area contributed by atoms with Crippen LogP contribution in [0.3, 0.4) is 0 Å². The zero-order valence-corrected chi connectivity index (χ0v) is 17.8. The number of methoxy groups -OCH3 is 3. The summed E-state index contributed by atoms with van der Waals surface area (Å²) in [5, 5.41) is 4.40. The fourth-order valence-corrected chi connectivity index (χ4v) is 3.86. The highest BCUT2D eigenvalue weighted by atomic mass is 32.1. The molecule has 2 heterocycles. The minimum absolute atomic E-state index is 0.183. The normalized spacial score (nSPS) is 16.2. The quantitative estimate of drug-likeness (QED) is 0.371. The molecule has 1 aliphatic heterocycles. The first-order chi connectivity index (χ1) is 14.0. The molecule has 3 rings (SSSR count). The van der Waals surface area contributed by atoms with Gasteiger partial charge in [-0.05, 0) is 41.9 Å². The van der Waals surface area contributed by atoms with Crippen molar-refractivity contribution in [1.82, 2.24) is 19.2 Å². The zero-order valence-electron chi connectivity index (χ0n) is 17.0. The number of carbonyl (C=O) groups is 1. The van der Waals surface area contributed by atoms with E-state index in [1.54, 1.807) is 31.3 Å². The van der Waals surface area contributed by atoms with E-state index in [1.807, 2.05) is 16.7 Å². The Morgan fingerprint density at radius 2 is 2.03 bits per heavy atom. The number of hydrogen-bond donors (Lipinski definition) is 0. The Morgan fingerprint density at radius 3 is 2.69 bits per heavy atom. The minimum atomic E-state index is -0.275. The van der Waals surface area contributed by atoms with Gasteiger partial charge in [0, 0.05) is 19.1 Å². The van der Waals surface area contributed by atoms with Gasteiger partial charge in [0.25, 0.3) is 0 Å². The number of rotatable bonds is 8. The van der Waals surface area contributed by atoms with Gasteiger partial charge in [-0.3, -0.25) is 9.69 Å². The summed E-state index contributed by atoms with van der Waals surface area (Å²) in [6.07, 6.45) is 4.51. The maximum absolute atomic E-state index is 12.2. The highest BCUT2D eigenvalue weighted by molar-refractivity contribution is 7.71. The maximum Gasteiger partial charge on any atom is 0.307 e. The van der Waals surface area contributed by atoms with Crippen LogP contribution in [0.2, 0.25) is 0 Å². The summed E-state index contributed by atoms with van der Waals surface area (Å²) in [4.78, 5) is 14.3. The third-order valence-electron chi connectivity index (χ3n) is 5.14. The number of fused-ring (bicyclic) bond motifs is 1. The first-order valence-electron chi connectivity index (χ1n) is 9.31. The van der Waals surface area contributed by atoms with Crippen LogP contribution in [0.15, 0.2) is 31.1 Å². The Balaban J connectivity index is 1.96. The summed E-state index contributed by atoms with van der Waals surface area (Å²) in [5.74, 6) is 1.04. The molecule has 0 N–H and O–H groups in total. The predicted octanol–water partition coefficient (Wildman–Crippen LogP) is 2.74. The van der Waals surface area contributed by atoms with Crippen molar-refractivity contribution in [3.05, 3.63) is 47.0 Å². The SMILES string of the molecule is C=CCn1cnn(CN2CCc3cc(OC)c(OC)cc3[C@@H]2CC(=O)OC)c1=S. The van der Waals surface area contributed by atoms with Gasteiger partial charge in [-0.1, -0.05) is 6.08 Å². The lowest BCUT2D eigenvalue weighted by Crippen LogP contribution is -2.38. The van der Waals surface area contributed by atoms with E-state index in [0.29, 0.717) is 29.5 Å². The van der Waals surface area contributed by atoms with Gasteiger partial charge in [-0.25, -0.2) is 4.68 Å². The van der Waals surface area contributed by atoms with E-state index in [1.165, 1.54) is 7.11 Å². The molecule has 0 spiro atoms. The molecule has 1 aromatic heterocycles.